The SMILES string of the molecule is CC(=O)Oc1cc(C(C)=O)cc(OC(C)=O)c1OC(C)=O. The Hall–Kier alpha value is -2.70. The number of ether oxygens (including phenoxy) is 3. The van der Waals surface area contributed by atoms with E-state index in [1.807, 2.05) is 0 Å². The van der Waals surface area contributed by atoms with Gasteiger partial charge in [0.2, 0.25) is 5.75 Å². The predicted molar refractivity (Wildman–Crippen MR) is 70.4 cm³/mol. The molecular formula is C14H14O7. The van der Waals surface area contributed by atoms with Crippen LogP contribution < -0.4 is 14.2 Å². The average molecular weight is 294 g/mol. The van der Waals surface area contributed by atoms with Crippen molar-refractivity contribution < 1.29 is 33.4 Å². The van der Waals surface area contributed by atoms with Crippen molar-refractivity contribution in [2.45, 2.75) is 27.7 Å². The molecule has 1 aromatic carbocycles. The van der Waals surface area contributed by atoms with Gasteiger partial charge in [-0.1, -0.05) is 0 Å². The van der Waals surface area contributed by atoms with Crippen LogP contribution in [0.15, 0.2) is 12.1 Å². The summed E-state index contributed by atoms with van der Waals surface area (Å²) in [6.07, 6.45) is 0. The maximum absolute atomic E-state index is 11.5. The Morgan fingerprint density at radius 2 is 1.10 bits per heavy atom. The molecule has 1 rings (SSSR count). The zero-order valence-electron chi connectivity index (χ0n) is 12.0. The Labute approximate surface area is 120 Å². The molecule has 21 heavy (non-hydrogen) atoms. The van der Waals surface area contributed by atoms with Crippen molar-refractivity contribution in [2.24, 2.45) is 0 Å². The van der Waals surface area contributed by atoms with Crippen LogP contribution in [0.1, 0.15) is 38.1 Å². The monoisotopic (exact) mass is 294 g/mol. The summed E-state index contributed by atoms with van der Waals surface area (Å²) in [5.41, 5.74) is 0.137. The second-order valence-corrected chi connectivity index (χ2v) is 4.14. The molecule has 0 heterocycles. The molecule has 0 fully saturated rings. The highest BCUT2D eigenvalue weighted by molar-refractivity contribution is 5.96. The molecule has 0 N–H and O–H groups in total. The number of ketones is 1. The van der Waals surface area contributed by atoms with Crippen molar-refractivity contribution in [1.82, 2.24) is 0 Å². The first-order valence-corrected chi connectivity index (χ1v) is 5.95. The number of benzene rings is 1. The van der Waals surface area contributed by atoms with Gasteiger partial charge in [-0.3, -0.25) is 19.2 Å². The van der Waals surface area contributed by atoms with E-state index in [0.717, 1.165) is 20.8 Å². The Bertz CT molecular complexity index is 579. The van der Waals surface area contributed by atoms with Crippen LogP contribution in [0.5, 0.6) is 17.2 Å². The predicted octanol–water partition coefficient (Wildman–Crippen LogP) is 1.67. The minimum atomic E-state index is -0.702. The summed E-state index contributed by atoms with van der Waals surface area (Å²) in [7, 11) is 0. The average Bonchev–Trinajstić information content (AvgIpc) is 2.30. The van der Waals surface area contributed by atoms with Gasteiger partial charge >= 0.3 is 17.9 Å². The van der Waals surface area contributed by atoms with E-state index < -0.39 is 17.9 Å². The molecule has 0 aliphatic heterocycles. The van der Waals surface area contributed by atoms with Crippen molar-refractivity contribution in [3.63, 3.8) is 0 Å². The number of carbonyl (C=O) groups excluding carboxylic acids is 4. The summed E-state index contributed by atoms with van der Waals surface area (Å²) in [6, 6.07) is 2.46. The first-order chi connectivity index (χ1) is 9.70. The Kier molecular flexibility index (Phi) is 5.18. The maximum Gasteiger partial charge on any atom is 0.308 e. The van der Waals surface area contributed by atoms with Crippen LogP contribution in [0.4, 0.5) is 0 Å². The highest BCUT2D eigenvalue weighted by atomic mass is 16.6. The molecular weight excluding hydrogens is 280 g/mol. The Morgan fingerprint density at radius 1 is 0.714 bits per heavy atom. The molecule has 1 aromatic rings. The van der Waals surface area contributed by atoms with Gasteiger partial charge in [0.05, 0.1) is 0 Å². The standard InChI is InChI=1S/C14H14O7/c1-7(15)11-5-12(19-8(2)16)14(21-10(4)18)13(6-11)20-9(3)17/h5-6H,1-4H3. The Balaban J connectivity index is 3.50. The van der Waals surface area contributed by atoms with Gasteiger partial charge in [0, 0.05) is 26.3 Å². The lowest BCUT2D eigenvalue weighted by molar-refractivity contribution is -0.135. The second kappa shape index (κ2) is 6.65. The Morgan fingerprint density at radius 3 is 1.38 bits per heavy atom. The molecule has 0 atom stereocenters. The van der Waals surface area contributed by atoms with Crippen LogP contribution in [0.2, 0.25) is 0 Å². The smallest absolute Gasteiger partial charge is 0.308 e. The van der Waals surface area contributed by atoms with Crippen LogP contribution >= 0.6 is 0 Å². The van der Waals surface area contributed by atoms with Gasteiger partial charge in [-0.25, -0.2) is 0 Å². The molecule has 112 valence electrons. The molecule has 0 aromatic heterocycles. The minimum Gasteiger partial charge on any atom is -0.423 e. The first kappa shape index (κ1) is 16.4. The summed E-state index contributed by atoms with van der Waals surface area (Å²) in [6.45, 7) is 4.71. The first-order valence-electron chi connectivity index (χ1n) is 5.95. The van der Waals surface area contributed by atoms with Crippen molar-refractivity contribution >= 4 is 23.7 Å². The molecule has 0 saturated carbocycles. The van der Waals surface area contributed by atoms with E-state index in [1.165, 1.54) is 19.1 Å². The minimum absolute atomic E-state index is 0.137. The molecule has 0 aliphatic rings. The fraction of sp³-hybridized carbons (Fsp3) is 0.286. The van der Waals surface area contributed by atoms with Crippen molar-refractivity contribution in [3.8, 4) is 17.2 Å². The van der Waals surface area contributed by atoms with Crippen molar-refractivity contribution in [1.29, 1.82) is 0 Å². The number of carbonyl (C=O) groups is 4. The summed E-state index contributed by atoms with van der Waals surface area (Å²) < 4.78 is 14.7. The van der Waals surface area contributed by atoms with Gasteiger partial charge < -0.3 is 14.2 Å². The van der Waals surface area contributed by atoms with Crippen LogP contribution in [-0.4, -0.2) is 23.7 Å². The van der Waals surface area contributed by atoms with E-state index in [2.05, 4.69) is 0 Å². The van der Waals surface area contributed by atoms with Crippen LogP contribution in [0.3, 0.4) is 0 Å². The highest BCUT2D eigenvalue weighted by Crippen LogP contribution is 2.39. The molecule has 0 unspecified atom stereocenters. The third kappa shape index (κ3) is 4.72. The molecule has 0 saturated heterocycles. The zero-order valence-corrected chi connectivity index (χ0v) is 12.0. The molecule has 0 spiro atoms. The number of Topliss-reactive ketones (excluding diaryl/α,β-unsaturated/α-hetero) is 1. The van der Waals surface area contributed by atoms with E-state index in [-0.39, 0.29) is 28.6 Å². The number of hydrogen-bond acceptors (Lipinski definition) is 7. The summed E-state index contributed by atoms with van der Waals surface area (Å²) in [5.74, 6) is -3.00. The lowest BCUT2D eigenvalue weighted by Gasteiger charge is -2.14. The topological polar surface area (TPSA) is 96.0 Å². The van der Waals surface area contributed by atoms with E-state index >= 15 is 0 Å². The third-order valence-corrected chi connectivity index (χ3v) is 2.18. The normalized spacial score (nSPS) is 9.71. The maximum atomic E-state index is 11.5. The van der Waals surface area contributed by atoms with Gasteiger partial charge in [0.15, 0.2) is 17.3 Å². The number of rotatable bonds is 4. The summed E-state index contributed by atoms with van der Waals surface area (Å²) in [4.78, 5) is 44.8. The highest BCUT2D eigenvalue weighted by Gasteiger charge is 2.21. The number of esters is 3. The van der Waals surface area contributed by atoms with E-state index in [4.69, 9.17) is 14.2 Å². The fourth-order valence-electron chi connectivity index (χ4n) is 1.49. The summed E-state index contributed by atoms with van der Waals surface area (Å²) >= 11 is 0. The van der Waals surface area contributed by atoms with Gasteiger partial charge in [0.25, 0.3) is 0 Å². The quantitative estimate of drug-likeness (QED) is 0.473. The number of hydrogen-bond donors (Lipinski definition) is 0. The summed E-state index contributed by atoms with van der Waals surface area (Å²) in [5, 5.41) is 0. The third-order valence-electron chi connectivity index (χ3n) is 2.18. The van der Waals surface area contributed by atoms with Gasteiger partial charge in [-0.2, -0.15) is 0 Å². The molecule has 7 nitrogen and oxygen atoms in total. The molecule has 0 aliphatic carbocycles. The van der Waals surface area contributed by atoms with E-state index in [0.29, 0.717) is 0 Å². The fourth-order valence-corrected chi connectivity index (χ4v) is 1.49. The largest absolute Gasteiger partial charge is 0.423 e. The zero-order chi connectivity index (χ0) is 16.2. The van der Waals surface area contributed by atoms with Gasteiger partial charge in [0.1, 0.15) is 0 Å². The van der Waals surface area contributed by atoms with Crippen LogP contribution in [0, 0.1) is 0 Å². The lowest BCUT2D eigenvalue weighted by atomic mass is 10.1. The van der Waals surface area contributed by atoms with E-state index in [1.54, 1.807) is 0 Å². The van der Waals surface area contributed by atoms with Crippen molar-refractivity contribution in [2.75, 3.05) is 0 Å². The molecule has 7 heteroatoms. The van der Waals surface area contributed by atoms with Crippen molar-refractivity contribution in [3.05, 3.63) is 17.7 Å². The lowest BCUT2D eigenvalue weighted by Crippen LogP contribution is -2.11. The molecule has 0 bridgehead atoms. The van der Waals surface area contributed by atoms with Gasteiger partial charge in [-0.05, 0) is 19.1 Å². The second-order valence-electron chi connectivity index (χ2n) is 4.14. The van der Waals surface area contributed by atoms with Crippen LogP contribution in [-0.2, 0) is 14.4 Å². The van der Waals surface area contributed by atoms with Gasteiger partial charge in [-0.15, -0.1) is 0 Å². The molecule has 0 amide bonds. The van der Waals surface area contributed by atoms with Crippen LogP contribution in [0.25, 0.3) is 0 Å². The molecule has 0 radical (unpaired) electrons. The van der Waals surface area contributed by atoms with E-state index in [9.17, 15) is 19.2 Å².